The number of hydrogen-bond donors (Lipinski definition) is 2. The van der Waals surface area contributed by atoms with Gasteiger partial charge in [0.1, 0.15) is 0 Å². The highest BCUT2D eigenvalue weighted by Crippen LogP contribution is 2.24. The lowest BCUT2D eigenvalue weighted by molar-refractivity contribution is -0.133. The summed E-state index contributed by atoms with van der Waals surface area (Å²) in [5, 5.41) is 16.1. The van der Waals surface area contributed by atoms with Gasteiger partial charge in [-0.1, -0.05) is 30.3 Å². The summed E-state index contributed by atoms with van der Waals surface area (Å²) in [6.45, 7) is 1.59. The van der Waals surface area contributed by atoms with Crippen LogP contribution in [0.4, 0.5) is 0 Å². The summed E-state index contributed by atoms with van der Waals surface area (Å²) in [7, 11) is 0. The molecule has 0 unspecified atom stereocenters. The lowest BCUT2D eigenvalue weighted by atomic mass is 9.89. The first-order chi connectivity index (χ1) is 13.7. The maximum atomic E-state index is 12.6. The van der Waals surface area contributed by atoms with Crippen molar-refractivity contribution < 1.29 is 4.79 Å². The monoisotopic (exact) mass is 396 g/mol. The molecule has 1 saturated heterocycles. The van der Waals surface area contributed by atoms with Crippen LogP contribution in [0, 0.1) is 5.92 Å². The van der Waals surface area contributed by atoms with E-state index in [1.165, 1.54) is 10.4 Å². The third-order valence-electron chi connectivity index (χ3n) is 5.33. The molecule has 8 heteroatoms. The Morgan fingerprint density at radius 3 is 2.68 bits per heavy atom. The molecule has 1 aliphatic rings. The minimum atomic E-state index is -0.437. The maximum absolute atomic E-state index is 12.6. The predicted molar refractivity (Wildman–Crippen MR) is 109 cm³/mol. The number of tetrazole rings is 1. The fourth-order valence-corrected chi connectivity index (χ4v) is 4.50. The second-order valence-corrected chi connectivity index (χ2v) is 8.33. The summed E-state index contributed by atoms with van der Waals surface area (Å²) in [5.41, 5.74) is 8.40. The molecule has 146 valence electrons. The van der Waals surface area contributed by atoms with Crippen LogP contribution in [0.1, 0.15) is 23.3 Å². The van der Waals surface area contributed by atoms with Gasteiger partial charge in [0, 0.05) is 30.0 Å². The number of aromatic nitrogens is 4. The molecule has 2 aromatic heterocycles. The van der Waals surface area contributed by atoms with Crippen LogP contribution in [0.5, 0.6) is 0 Å². The van der Waals surface area contributed by atoms with E-state index in [1.54, 1.807) is 11.3 Å². The Balaban J connectivity index is 1.26. The van der Waals surface area contributed by atoms with Crippen molar-refractivity contribution in [2.24, 2.45) is 11.7 Å². The molecule has 1 aliphatic heterocycles. The van der Waals surface area contributed by atoms with E-state index in [4.69, 9.17) is 5.73 Å². The standard InChI is InChI=1S/C20H24N6OS/c21-18(13-17-2-1-11-28-17)20(27)26-9-7-15(8-10-26)12-14-3-5-16(6-4-14)19-22-24-25-23-19/h1-6,11,15,18H,7-10,12-13,21H2,(H,22,23,24,25)/t18-/m0/s1. The predicted octanol–water partition coefficient (Wildman–Crippen LogP) is 2.28. The van der Waals surface area contributed by atoms with E-state index in [9.17, 15) is 4.79 Å². The van der Waals surface area contributed by atoms with Crippen molar-refractivity contribution in [3.05, 3.63) is 52.2 Å². The van der Waals surface area contributed by atoms with Crippen molar-refractivity contribution in [1.82, 2.24) is 25.5 Å². The Kier molecular flexibility index (Phi) is 5.78. The van der Waals surface area contributed by atoms with E-state index < -0.39 is 6.04 Å². The Morgan fingerprint density at radius 2 is 2.04 bits per heavy atom. The van der Waals surface area contributed by atoms with Gasteiger partial charge in [-0.2, -0.15) is 5.21 Å². The zero-order chi connectivity index (χ0) is 19.3. The minimum Gasteiger partial charge on any atom is -0.341 e. The van der Waals surface area contributed by atoms with E-state index >= 15 is 0 Å². The summed E-state index contributed by atoms with van der Waals surface area (Å²) >= 11 is 1.65. The second-order valence-electron chi connectivity index (χ2n) is 7.30. The molecule has 7 nitrogen and oxygen atoms in total. The van der Waals surface area contributed by atoms with Crippen molar-refractivity contribution in [1.29, 1.82) is 0 Å². The van der Waals surface area contributed by atoms with Gasteiger partial charge in [0.15, 0.2) is 0 Å². The molecule has 0 aliphatic carbocycles. The van der Waals surface area contributed by atoms with Crippen LogP contribution in [0.3, 0.4) is 0 Å². The molecule has 1 aromatic carbocycles. The number of piperidine rings is 1. The molecular weight excluding hydrogens is 372 g/mol. The molecule has 1 atom stereocenters. The topological polar surface area (TPSA) is 101 Å². The number of carbonyl (C=O) groups is 1. The molecule has 3 heterocycles. The first-order valence-electron chi connectivity index (χ1n) is 9.58. The van der Waals surface area contributed by atoms with Gasteiger partial charge in [-0.05, 0) is 47.4 Å². The fourth-order valence-electron chi connectivity index (χ4n) is 3.73. The first kappa shape index (κ1) is 18.8. The first-order valence-corrected chi connectivity index (χ1v) is 10.5. The molecule has 3 N–H and O–H groups in total. The average Bonchev–Trinajstić information content (AvgIpc) is 3.43. The van der Waals surface area contributed by atoms with Gasteiger partial charge in [-0.15, -0.1) is 21.5 Å². The second kappa shape index (κ2) is 8.62. The molecule has 28 heavy (non-hydrogen) atoms. The highest BCUT2D eigenvalue weighted by atomic mass is 32.1. The Labute approximate surface area is 167 Å². The number of nitrogens with one attached hydrogen (secondary N) is 1. The van der Waals surface area contributed by atoms with E-state index in [-0.39, 0.29) is 5.91 Å². The van der Waals surface area contributed by atoms with Crippen LogP contribution in [-0.4, -0.2) is 50.6 Å². The van der Waals surface area contributed by atoms with E-state index in [0.717, 1.165) is 37.9 Å². The van der Waals surface area contributed by atoms with Crippen molar-refractivity contribution in [3.63, 3.8) is 0 Å². The van der Waals surface area contributed by atoms with E-state index in [0.29, 0.717) is 18.2 Å². The van der Waals surface area contributed by atoms with Crippen LogP contribution in [0.15, 0.2) is 41.8 Å². The van der Waals surface area contributed by atoms with Crippen LogP contribution >= 0.6 is 11.3 Å². The molecule has 4 rings (SSSR count). The number of nitrogens with zero attached hydrogens (tertiary/aromatic N) is 4. The number of thiophene rings is 1. The molecule has 0 bridgehead atoms. The zero-order valence-electron chi connectivity index (χ0n) is 15.6. The SMILES string of the molecule is N[C@@H](Cc1cccs1)C(=O)N1CCC(Cc2ccc(-c3nn[nH]n3)cc2)CC1. The molecule has 1 amide bonds. The fraction of sp³-hybridized carbons (Fsp3) is 0.400. The van der Waals surface area contributed by atoms with Gasteiger partial charge in [0.05, 0.1) is 6.04 Å². The van der Waals surface area contributed by atoms with Gasteiger partial charge >= 0.3 is 0 Å². The van der Waals surface area contributed by atoms with Gasteiger partial charge in [0.25, 0.3) is 0 Å². The number of likely N-dealkylation sites (tertiary alicyclic amines) is 1. The molecule has 3 aromatic rings. The van der Waals surface area contributed by atoms with Gasteiger partial charge in [-0.3, -0.25) is 4.79 Å². The van der Waals surface area contributed by atoms with Crippen molar-refractivity contribution >= 4 is 17.2 Å². The lowest BCUT2D eigenvalue weighted by Crippen LogP contribution is -2.48. The number of benzene rings is 1. The van der Waals surface area contributed by atoms with Crippen LogP contribution in [0.2, 0.25) is 0 Å². The lowest BCUT2D eigenvalue weighted by Gasteiger charge is -2.33. The molecular formula is C20H24N6OS. The minimum absolute atomic E-state index is 0.0799. The van der Waals surface area contributed by atoms with E-state index in [1.807, 2.05) is 34.5 Å². The number of amides is 1. The van der Waals surface area contributed by atoms with Crippen molar-refractivity contribution in [2.45, 2.75) is 31.7 Å². The van der Waals surface area contributed by atoms with Crippen molar-refractivity contribution in [3.8, 4) is 11.4 Å². The highest BCUT2D eigenvalue weighted by molar-refractivity contribution is 7.09. The molecule has 0 spiro atoms. The summed E-state index contributed by atoms with van der Waals surface area (Å²) in [6, 6.07) is 11.9. The number of H-pyrrole nitrogens is 1. The average molecular weight is 397 g/mol. The summed E-state index contributed by atoms with van der Waals surface area (Å²) in [4.78, 5) is 15.7. The quantitative estimate of drug-likeness (QED) is 0.666. The highest BCUT2D eigenvalue weighted by Gasteiger charge is 2.26. The van der Waals surface area contributed by atoms with Gasteiger partial charge < -0.3 is 10.6 Å². The molecule has 0 saturated carbocycles. The Hall–Kier alpha value is -2.58. The normalized spacial score (nSPS) is 16.2. The Bertz CT molecular complexity index is 870. The van der Waals surface area contributed by atoms with Crippen molar-refractivity contribution in [2.75, 3.05) is 13.1 Å². The number of rotatable bonds is 6. The summed E-state index contributed by atoms with van der Waals surface area (Å²) < 4.78 is 0. The number of nitrogens with two attached hydrogens (primary N) is 1. The molecule has 0 radical (unpaired) electrons. The maximum Gasteiger partial charge on any atom is 0.239 e. The third-order valence-corrected chi connectivity index (χ3v) is 6.23. The number of carbonyl (C=O) groups excluding carboxylic acids is 1. The van der Waals surface area contributed by atoms with Crippen LogP contribution < -0.4 is 5.73 Å². The van der Waals surface area contributed by atoms with E-state index in [2.05, 4.69) is 32.8 Å². The zero-order valence-corrected chi connectivity index (χ0v) is 16.4. The largest absolute Gasteiger partial charge is 0.341 e. The van der Waals surface area contributed by atoms with Gasteiger partial charge in [0.2, 0.25) is 11.7 Å². The summed E-state index contributed by atoms with van der Waals surface area (Å²) in [6.07, 6.45) is 3.69. The number of hydrogen-bond acceptors (Lipinski definition) is 6. The Morgan fingerprint density at radius 1 is 1.25 bits per heavy atom. The van der Waals surface area contributed by atoms with Crippen LogP contribution in [-0.2, 0) is 17.6 Å². The smallest absolute Gasteiger partial charge is 0.239 e. The summed E-state index contributed by atoms with van der Waals surface area (Å²) in [5.74, 6) is 1.28. The van der Waals surface area contributed by atoms with Gasteiger partial charge in [-0.25, -0.2) is 0 Å². The van der Waals surface area contributed by atoms with Crippen LogP contribution in [0.25, 0.3) is 11.4 Å². The molecule has 1 fully saturated rings. The third kappa shape index (κ3) is 4.45. The number of aromatic amines is 1.